The summed E-state index contributed by atoms with van der Waals surface area (Å²) in [6.45, 7) is 2.48. The van der Waals surface area contributed by atoms with Crippen LogP contribution >= 0.6 is 11.6 Å². The fourth-order valence-corrected chi connectivity index (χ4v) is 2.99. The van der Waals surface area contributed by atoms with Gasteiger partial charge in [0, 0.05) is 17.6 Å². The quantitative estimate of drug-likeness (QED) is 0.867. The summed E-state index contributed by atoms with van der Waals surface area (Å²) in [6, 6.07) is 4.49. The van der Waals surface area contributed by atoms with Gasteiger partial charge in [0.05, 0.1) is 30.3 Å². The third-order valence-corrected chi connectivity index (χ3v) is 4.33. The maximum absolute atomic E-state index is 12.9. The molecule has 0 spiro atoms. The Balaban J connectivity index is 1.71. The lowest BCUT2D eigenvalue weighted by Gasteiger charge is -2.26. The van der Waals surface area contributed by atoms with Gasteiger partial charge in [-0.3, -0.25) is 4.79 Å². The van der Waals surface area contributed by atoms with Gasteiger partial charge in [-0.05, 0) is 30.7 Å². The molecule has 3 rings (SSSR count). The zero-order valence-electron chi connectivity index (χ0n) is 13.3. The molecule has 0 saturated heterocycles. The standard InChI is InChI=1S/C16H16ClF3N4O/c1-9(10-4-12(16(18,19)20)6-13(17)5-10)23-15(25)11-7-21-14-2-3-22-24(14)8-11/h2-6,9,11,21H,7-8H2,1H3,(H,23,25)/t9-,11?/m0/s1. The number of anilines is 1. The van der Waals surface area contributed by atoms with Crippen molar-refractivity contribution in [1.29, 1.82) is 0 Å². The maximum atomic E-state index is 12.9. The summed E-state index contributed by atoms with van der Waals surface area (Å²) in [4.78, 5) is 12.4. The van der Waals surface area contributed by atoms with Crippen LogP contribution in [0.2, 0.25) is 5.02 Å². The number of fused-ring (bicyclic) bond motifs is 1. The molecule has 2 N–H and O–H groups in total. The van der Waals surface area contributed by atoms with Gasteiger partial charge in [0.15, 0.2) is 0 Å². The Hall–Kier alpha value is -2.22. The number of rotatable bonds is 3. The van der Waals surface area contributed by atoms with E-state index in [4.69, 9.17) is 11.6 Å². The van der Waals surface area contributed by atoms with E-state index < -0.39 is 17.8 Å². The average molecular weight is 373 g/mol. The monoisotopic (exact) mass is 372 g/mol. The van der Waals surface area contributed by atoms with Crippen LogP contribution in [0.3, 0.4) is 0 Å². The first-order valence-corrected chi connectivity index (χ1v) is 8.05. The van der Waals surface area contributed by atoms with Gasteiger partial charge in [0.1, 0.15) is 5.82 Å². The van der Waals surface area contributed by atoms with E-state index in [1.54, 1.807) is 23.9 Å². The van der Waals surface area contributed by atoms with Crippen molar-refractivity contribution in [2.75, 3.05) is 11.9 Å². The predicted molar refractivity (Wildman–Crippen MR) is 87.2 cm³/mol. The summed E-state index contributed by atoms with van der Waals surface area (Å²) < 4.78 is 40.4. The Labute approximate surface area is 147 Å². The molecule has 5 nitrogen and oxygen atoms in total. The fourth-order valence-electron chi connectivity index (χ4n) is 2.75. The Morgan fingerprint density at radius 3 is 2.92 bits per heavy atom. The van der Waals surface area contributed by atoms with E-state index >= 15 is 0 Å². The molecule has 134 valence electrons. The summed E-state index contributed by atoms with van der Waals surface area (Å²) in [5.41, 5.74) is -0.534. The largest absolute Gasteiger partial charge is 0.416 e. The molecule has 1 unspecified atom stereocenters. The fraction of sp³-hybridized carbons (Fsp3) is 0.375. The van der Waals surface area contributed by atoms with Crippen LogP contribution in [0, 0.1) is 5.92 Å². The number of aromatic nitrogens is 2. The van der Waals surface area contributed by atoms with Crippen LogP contribution in [0.4, 0.5) is 19.0 Å². The number of hydrogen-bond acceptors (Lipinski definition) is 3. The molecule has 9 heteroatoms. The molecule has 2 aromatic rings. The molecule has 0 aliphatic carbocycles. The van der Waals surface area contributed by atoms with Crippen molar-refractivity contribution >= 4 is 23.3 Å². The lowest BCUT2D eigenvalue weighted by molar-refractivity contribution is -0.137. The maximum Gasteiger partial charge on any atom is 0.416 e. The Morgan fingerprint density at radius 1 is 1.44 bits per heavy atom. The van der Waals surface area contributed by atoms with Gasteiger partial charge in [-0.2, -0.15) is 18.3 Å². The summed E-state index contributed by atoms with van der Waals surface area (Å²) in [5, 5.41) is 9.93. The highest BCUT2D eigenvalue weighted by molar-refractivity contribution is 6.30. The third kappa shape index (κ3) is 3.89. The van der Waals surface area contributed by atoms with Crippen molar-refractivity contribution in [1.82, 2.24) is 15.1 Å². The van der Waals surface area contributed by atoms with Crippen molar-refractivity contribution in [3.05, 3.63) is 46.6 Å². The molecule has 0 fully saturated rings. The molecule has 1 amide bonds. The van der Waals surface area contributed by atoms with E-state index in [1.165, 1.54) is 6.07 Å². The number of benzene rings is 1. The van der Waals surface area contributed by atoms with Gasteiger partial charge in [0.25, 0.3) is 0 Å². The molecular weight excluding hydrogens is 357 g/mol. The normalized spacial score (nSPS) is 18.2. The van der Waals surface area contributed by atoms with Crippen LogP contribution in [-0.2, 0) is 17.5 Å². The highest BCUT2D eigenvalue weighted by Gasteiger charge is 2.32. The number of alkyl halides is 3. The molecule has 0 bridgehead atoms. The van der Waals surface area contributed by atoms with Gasteiger partial charge < -0.3 is 10.6 Å². The van der Waals surface area contributed by atoms with Crippen LogP contribution in [-0.4, -0.2) is 22.2 Å². The molecule has 0 radical (unpaired) electrons. The number of hydrogen-bond donors (Lipinski definition) is 2. The van der Waals surface area contributed by atoms with Crippen molar-refractivity contribution in [3.63, 3.8) is 0 Å². The first-order valence-electron chi connectivity index (χ1n) is 7.68. The zero-order valence-corrected chi connectivity index (χ0v) is 14.0. The summed E-state index contributed by atoms with van der Waals surface area (Å²) in [6.07, 6.45) is -2.86. The molecule has 1 aromatic carbocycles. The third-order valence-electron chi connectivity index (χ3n) is 4.12. The molecular formula is C16H16ClF3N4O. The van der Waals surface area contributed by atoms with E-state index in [1.807, 2.05) is 0 Å². The second-order valence-corrected chi connectivity index (χ2v) is 6.41. The predicted octanol–water partition coefficient (Wildman–Crippen LogP) is 3.47. The Morgan fingerprint density at radius 2 is 2.20 bits per heavy atom. The van der Waals surface area contributed by atoms with Gasteiger partial charge in [-0.15, -0.1) is 0 Å². The second-order valence-electron chi connectivity index (χ2n) is 5.98. The zero-order chi connectivity index (χ0) is 18.2. The topological polar surface area (TPSA) is 59.0 Å². The van der Waals surface area contributed by atoms with E-state index in [2.05, 4.69) is 15.7 Å². The minimum Gasteiger partial charge on any atom is -0.369 e. The molecule has 1 aromatic heterocycles. The number of amides is 1. The molecule has 25 heavy (non-hydrogen) atoms. The summed E-state index contributed by atoms with van der Waals surface area (Å²) in [7, 11) is 0. The van der Waals surface area contributed by atoms with Crippen LogP contribution in [0.25, 0.3) is 0 Å². The number of halogens is 4. The van der Waals surface area contributed by atoms with Crippen LogP contribution < -0.4 is 10.6 Å². The SMILES string of the molecule is C[C@H](NC(=O)C1CNc2ccnn2C1)c1cc(Cl)cc(C(F)(F)F)c1. The second kappa shape index (κ2) is 6.59. The molecule has 2 atom stereocenters. The van der Waals surface area contributed by atoms with Crippen molar-refractivity contribution < 1.29 is 18.0 Å². The smallest absolute Gasteiger partial charge is 0.369 e. The van der Waals surface area contributed by atoms with E-state index in [-0.39, 0.29) is 16.8 Å². The lowest BCUT2D eigenvalue weighted by atomic mass is 10.0. The van der Waals surface area contributed by atoms with Crippen molar-refractivity contribution in [2.24, 2.45) is 5.92 Å². The summed E-state index contributed by atoms with van der Waals surface area (Å²) >= 11 is 5.79. The molecule has 1 aliphatic rings. The van der Waals surface area contributed by atoms with E-state index in [0.717, 1.165) is 18.0 Å². The number of nitrogens with one attached hydrogen (secondary N) is 2. The minimum absolute atomic E-state index is 0.0218. The molecule has 2 heterocycles. The average Bonchev–Trinajstić information content (AvgIpc) is 3.00. The van der Waals surface area contributed by atoms with Gasteiger partial charge in [0.2, 0.25) is 5.91 Å². The highest BCUT2D eigenvalue weighted by Crippen LogP contribution is 2.33. The van der Waals surface area contributed by atoms with Crippen LogP contribution in [0.5, 0.6) is 0 Å². The Bertz CT molecular complexity index is 790. The van der Waals surface area contributed by atoms with E-state index in [9.17, 15) is 18.0 Å². The van der Waals surface area contributed by atoms with Crippen LogP contribution in [0.1, 0.15) is 24.1 Å². The molecule has 1 aliphatic heterocycles. The highest BCUT2D eigenvalue weighted by atomic mass is 35.5. The van der Waals surface area contributed by atoms with Crippen molar-refractivity contribution in [3.8, 4) is 0 Å². The number of carbonyl (C=O) groups is 1. The minimum atomic E-state index is -4.49. The van der Waals surface area contributed by atoms with Crippen LogP contribution in [0.15, 0.2) is 30.5 Å². The first-order chi connectivity index (χ1) is 11.7. The van der Waals surface area contributed by atoms with E-state index in [0.29, 0.717) is 18.7 Å². The summed E-state index contributed by atoms with van der Waals surface area (Å²) in [5.74, 6) is 0.215. The first kappa shape index (κ1) is 17.6. The van der Waals surface area contributed by atoms with Gasteiger partial charge in [-0.25, -0.2) is 4.68 Å². The lowest BCUT2D eigenvalue weighted by Crippen LogP contribution is -2.41. The van der Waals surface area contributed by atoms with Crippen molar-refractivity contribution in [2.45, 2.75) is 25.7 Å². The number of carbonyl (C=O) groups excluding carboxylic acids is 1. The Kier molecular flexibility index (Phi) is 4.64. The van der Waals surface area contributed by atoms with Gasteiger partial charge in [-0.1, -0.05) is 11.6 Å². The van der Waals surface area contributed by atoms with Gasteiger partial charge >= 0.3 is 6.18 Å². The number of nitrogens with zero attached hydrogens (tertiary/aromatic N) is 2. The molecule has 0 saturated carbocycles.